The first kappa shape index (κ1) is 43.2. The minimum absolute atomic E-state index is 0.00379. The highest BCUT2D eigenvalue weighted by atomic mass is 33.1. The summed E-state index contributed by atoms with van der Waals surface area (Å²) in [5, 5.41) is 27.2. The number of pyridine rings is 1. The molecular formula is C49H60N4O8S2. The summed E-state index contributed by atoms with van der Waals surface area (Å²) in [5.41, 5.74) is 4.61. The first-order valence-corrected chi connectivity index (χ1v) is 25.9. The average molecular weight is 897 g/mol. The molecule has 5 heterocycles. The molecule has 7 bridgehead atoms. The Balaban J connectivity index is 1.18. The van der Waals surface area contributed by atoms with Crippen molar-refractivity contribution in [3.63, 3.8) is 0 Å². The summed E-state index contributed by atoms with van der Waals surface area (Å²) in [4.78, 5) is 62.7. The molecule has 1 spiro atoms. The number of nitrogens with one attached hydrogen (secondary N) is 2. The molecule has 1 aromatic heterocycles. The molecule has 3 fully saturated rings. The quantitative estimate of drug-likeness (QED) is 0.0744. The molecule has 6 aliphatic carbocycles. The number of unbranched alkanes of at least 4 members (excludes halogenated alkanes) is 1. The van der Waals surface area contributed by atoms with Gasteiger partial charge in [-0.15, -0.1) is 0 Å². The van der Waals surface area contributed by atoms with Crippen LogP contribution in [0.15, 0.2) is 75.9 Å². The van der Waals surface area contributed by atoms with E-state index in [9.17, 15) is 24.6 Å². The number of esters is 2. The van der Waals surface area contributed by atoms with Crippen LogP contribution in [0.2, 0.25) is 0 Å². The van der Waals surface area contributed by atoms with E-state index in [1.54, 1.807) is 34.7 Å². The normalized spacial score (nSPS) is 33.7. The Morgan fingerprint density at radius 3 is 2.62 bits per heavy atom. The van der Waals surface area contributed by atoms with Crippen molar-refractivity contribution >= 4 is 51.2 Å². The summed E-state index contributed by atoms with van der Waals surface area (Å²) >= 11 is 0. The zero-order chi connectivity index (χ0) is 43.6. The molecule has 0 aromatic carbocycles. The van der Waals surface area contributed by atoms with Crippen LogP contribution in [0.25, 0.3) is 0 Å². The molecule has 4 aliphatic heterocycles. The molecule has 11 rings (SSSR count). The molecule has 1 aromatic rings. The number of hydrogen-bond donors (Lipinski definition) is 4. The molecule has 0 radical (unpaired) electrons. The van der Waals surface area contributed by atoms with Crippen LogP contribution in [0, 0.1) is 40.4 Å². The molecule has 9 atom stereocenters. The Morgan fingerprint density at radius 2 is 1.86 bits per heavy atom. The molecule has 2 saturated carbocycles. The Bertz CT molecular complexity index is 2220. The SMILES string of the molecule is CCC1(C2=C3OC(=O)C4=C3C(CC2)CC2C3CCC5(C6=CCC(CCCCO)C(NCC(C)O)SSCNc7cc(ccn7)C(CN7C(=O)C=CC7=O)C3=C5C(=O)O6)C42)CCCC1. The number of aliphatic hydroxyl groups is 2. The van der Waals surface area contributed by atoms with Gasteiger partial charge in [-0.05, 0) is 142 Å². The van der Waals surface area contributed by atoms with Gasteiger partial charge in [-0.1, -0.05) is 47.8 Å². The predicted molar refractivity (Wildman–Crippen MR) is 241 cm³/mol. The van der Waals surface area contributed by atoms with E-state index in [-0.39, 0.29) is 71.3 Å². The van der Waals surface area contributed by atoms with Gasteiger partial charge in [-0.3, -0.25) is 14.5 Å². The van der Waals surface area contributed by atoms with Gasteiger partial charge in [-0.2, -0.15) is 0 Å². The Labute approximate surface area is 377 Å². The third-order valence-corrected chi connectivity index (χ3v) is 18.9. The highest BCUT2D eigenvalue weighted by molar-refractivity contribution is 8.76. The molecule has 336 valence electrons. The van der Waals surface area contributed by atoms with Gasteiger partial charge in [0.1, 0.15) is 17.3 Å². The van der Waals surface area contributed by atoms with E-state index in [0.717, 1.165) is 85.8 Å². The molecule has 63 heavy (non-hydrogen) atoms. The highest BCUT2D eigenvalue weighted by Crippen LogP contribution is 2.73. The lowest BCUT2D eigenvalue weighted by molar-refractivity contribution is -0.137. The zero-order valence-electron chi connectivity index (χ0n) is 36.4. The number of fused-ring (bicyclic) bond motifs is 3. The van der Waals surface area contributed by atoms with Gasteiger partial charge in [0.25, 0.3) is 11.8 Å². The fourth-order valence-electron chi connectivity index (χ4n) is 13.6. The van der Waals surface area contributed by atoms with Crippen molar-refractivity contribution in [2.24, 2.45) is 40.4 Å². The Morgan fingerprint density at radius 1 is 1.05 bits per heavy atom. The molecule has 14 heteroatoms. The summed E-state index contributed by atoms with van der Waals surface area (Å²) in [5.74, 6) is 0.396. The van der Waals surface area contributed by atoms with Crippen molar-refractivity contribution in [1.29, 1.82) is 0 Å². The van der Waals surface area contributed by atoms with Crippen molar-refractivity contribution < 1.29 is 38.9 Å². The number of aromatic nitrogens is 1. The van der Waals surface area contributed by atoms with Gasteiger partial charge in [0.2, 0.25) is 0 Å². The lowest BCUT2D eigenvalue weighted by atomic mass is 9.42. The molecule has 9 unspecified atom stereocenters. The van der Waals surface area contributed by atoms with Crippen LogP contribution in [0.1, 0.15) is 115 Å². The topological polar surface area (TPSA) is 167 Å². The number of nitrogens with zero attached hydrogens (tertiary/aromatic N) is 2. The van der Waals surface area contributed by atoms with Crippen molar-refractivity contribution in [2.45, 2.75) is 121 Å². The predicted octanol–water partition coefficient (Wildman–Crippen LogP) is 7.59. The molecule has 10 aliphatic rings. The van der Waals surface area contributed by atoms with Crippen LogP contribution < -0.4 is 10.6 Å². The number of aliphatic hydroxyl groups excluding tert-OH is 2. The van der Waals surface area contributed by atoms with Gasteiger partial charge >= 0.3 is 11.9 Å². The Kier molecular flexibility index (Phi) is 11.8. The first-order chi connectivity index (χ1) is 30.6. The summed E-state index contributed by atoms with van der Waals surface area (Å²) < 4.78 is 13.2. The second-order valence-electron chi connectivity index (χ2n) is 19.5. The van der Waals surface area contributed by atoms with Crippen LogP contribution in [0.3, 0.4) is 0 Å². The maximum Gasteiger partial charge on any atom is 0.340 e. The number of allylic oxidation sites excluding steroid dienone is 4. The lowest BCUT2D eigenvalue weighted by Gasteiger charge is -2.58. The molecular weight excluding hydrogens is 837 g/mol. The summed E-state index contributed by atoms with van der Waals surface area (Å²) in [6.07, 6.45) is 18.5. The standard InChI is InChI=1S/C49H60N4O8S2/c1-3-48(17-5-6-18-48)34-11-9-30-22-32-31-15-19-49(42(32)41-39(30)44(34)61-46(41)58)35-12-10-28(8-4-7-21-54)45(51-24-27(2)55)63-62-26-52-36-23-29(16-20-50-36)33(40(31)43(49)47(59)60-35)25-53-37(56)13-14-38(53)57/h12-14,16,20,23,27-28,30-33,42,45,51,54-55H,3-11,15,17-19,21-22,24-26H2,1-2H3,(H,50,52). The van der Waals surface area contributed by atoms with Gasteiger partial charge in [-0.25, -0.2) is 14.6 Å². The molecule has 12 nitrogen and oxygen atoms in total. The number of anilines is 1. The molecule has 2 amide bonds. The van der Waals surface area contributed by atoms with Crippen LogP contribution in [0.4, 0.5) is 5.82 Å². The third kappa shape index (κ3) is 7.19. The molecule has 1 saturated heterocycles. The van der Waals surface area contributed by atoms with E-state index in [4.69, 9.17) is 9.47 Å². The van der Waals surface area contributed by atoms with Gasteiger partial charge in [0, 0.05) is 61.0 Å². The lowest BCUT2D eigenvalue weighted by Crippen LogP contribution is -2.54. The first-order valence-electron chi connectivity index (χ1n) is 23.5. The van der Waals surface area contributed by atoms with E-state index in [0.29, 0.717) is 48.8 Å². The monoisotopic (exact) mass is 896 g/mol. The minimum Gasteiger partial charge on any atom is -0.427 e. The third-order valence-electron chi connectivity index (χ3n) is 16.4. The molecule has 4 N–H and O–H groups in total. The van der Waals surface area contributed by atoms with Crippen LogP contribution in [-0.2, 0) is 28.7 Å². The number of rotatable bonds is 11. The highest BCUT2D eigenvalue weighted by Gasteiger charge is 2.70. The smallest absolute Gasteiger partial charge is 0.340 e. The van der Waals surface area contributed by atoms with Gasteiger partial charge < -0.3 is 30.3 Å². The largest absolute Gasteiger partial charge is 0.427 e. The second kappa shape index (κ2) is 17.3. The number of ether oxygens (including phenoxy) is 2. The number of carbonyl (C=O) groups excluding carboxylic acids is 4. The minimum atomic E-state index is -0.957. The Hall–Kier alpha value is -3.69. The van der Waals surface area contributed by atoms with Crippen LogP contribution in [-0.4, -0.2) is 80.9 Å². The fraction of sp³-hybridized carbons (Fsp3) is 0.612. The summed E-state index contributed by atoms with van der Waals surface area (Å²) in [6, 6.07) is 3.92. The van der Waals surface area contributed by atoms with Gasteiger partial charge in [0.15, 0.2) is 0 Å². The maximum absolute atomic E-state index is 15.1. The van der Waals surface area contributed by atoms with Crippen molar-refractivity contribution in [3.05, 3.63) is 81.5 Å². The van der Waals surface area contributed by atoms with E-state index in [1.165, 1.54) is 35.5 Å². The fourth-order valence-corrected chi connectivity index (χ4v) is 16.1. The number of carbonyl (C=O) groups is 4. The van der Waals surface area contributed by atoms with Crippen molar-refractivity contribution in [2.75, 3.05) is 30.9 Å². The van der Waals surface area contributed by atoms with E-state index >= 15 is 4.79 Å². The maximum atomic E-state index is 15.1. The second-order valence-corrected chi connectivity index (χ2v) is 22.0. The van der Waals surface area contributed by atoms with Crippen molar-refractivity contribution in [3.8, 4) is 0 Å². The van der Waals surface area contributed by atoms with E-state index in [1.807, 2.05) is 12.1 Å². The zero-order valence-corrected chi connectivity index (χ0v) is 38.0. The number of hydrogen-bond acceptors (Lipinski definition) is 13. The summed E-state index contributed by atoms with van der Waals surface area (Å²) in [6.45, 7) is 4.61. The van der Waals surface area contributed by atoms with Crippen LogP contribution >= 0.6 is 21.6 Å². The van der Waals surface area contributed by atoms with E-state index < -0.39 is 23.4 Å². The van der Waals surface area contributed by atoms with E-state index in [2.05, 4.69) is 28.6 Å². The van der Waals surface area contributed by atoms with Crippen molar-refractivity contribution in [1.82, 2.24) is 15.2 Å². The number of imide groups is 1. The average Bonchev–Trinajstić information content (AvgIpc) is 4.06. The van der Waals surface area contributed by atoms with Crippen LogP contribution in [0.5, 0.6) is 0 Å². The number of amides is 2. The summed E-state index contributed by atoms with van der Waals surface area (Å²) in [7, 11) is 3.33. The van der Waals surface area contributed by atoms with Gasteiger partial charge in [0.05, 0.1) is 28.3 Å².